The molecule has 21 heavy (non-hydrogen) atoms. The molecular formula is C15H14ClFO3S. The van der Waals surface area contributed by atoms with E-state index in [4.69, 9.17) is 15.8 Å². The molecule has 2 aromatic rings. The average Bonchev–Trinajstić information content (AvgIpc) is 2.38. The highest BCUT2D eigenvalue weighted by molar-refractivity contribution is 7.87. The van der Waals surface area contributed by atoms with Crippen molar-refractivity contribution in [2.75, 3.05) is 0 Å². The number of halogens is 2. The minimum atomic E-state index is -4.01. The standard InChI is InChI=1S/C15H14ClFO3S/c1-9-8-13(4-5-14(9)17)21(18,19)20-12-6-10(2)15(16)11(3)7-12/h4-8H,1-3H3. The molecule has 0 saturated carbocycles. The zero-order valence-corrected chi connectivity index (χ0v) is 13.3. The number of aryl methyl sites for hydroxylation is 3. The third-order valence-electron chi connectivity index (χ3n) is 3.03. The Morgan fingerprint density at radius 3 is 2.10 bits per heavy atom. The first-order valence-corrected chi connectivity index (χ1v) is 7.97. The van der Waals surface area contributed by atoms with Gasteiger partial charge in [0, 0.05) is 5.02 Å². The van der Waals surface area contributed by atoms with Crippen LogP contribution in [0.15, 0.2) is 35.2 Å². The predicted molar refractivity (Wildman–Crippen MR) is 79.9 cm³/mol. The molecule has 0 N–H and O–H groups in total. The van der Waals surface area contributed by atoms with Crippen LogP contribution in [-0.4, -0.2) is 8.42 Å². The molecule has 6 heteroatoms. The number of rotatable bonds is 3. The van der Waals surface area contributed by atoms with Crippen molar-refractivity contribution in [2.45, 2.75) is 25.7 Å². The summed E-state index contributed by atoms with van der Waals surface area (Å²) in [4.78, 5) is -0.0911. The molecule has 0 bridgehead atoms. The monoisotopic (exact) mass is 328 g/mol. The molecule has 2 rings (SSSR count). The van der Waals surface area contributed by atoms with E-state index in [9.17, 15) is 12.8 Å². The summed E-state index contributed by atoms with van der Waals surface area (Å²) < 4.78 is 42.7. The predicted octanol–water partition coefficient (Wildman–Crippen LogP) is 4.17. The van der Waals surface area contributed by atoms with E-state index in [1.54, 1.807) is 26.0 Å². The van der Waals surface area contributed by atoms with Gasteiger partial charge in [0.15, 0.2) is 0 Å². The lowest BCUT2D eigenvalue weighted by atomic mass is 10.1. The zero-order valence-electron chi connectivity index (χ0n) is 11.8. The van der Waals surface area contributed by atoms with Gasteiger partial charge in [0.1, 0.15) is 16.5 Å². The fraction of sp³-hybridized carbons (Fsp3) is 0.200. The van der Waals surface area contributed by atoms with E-state index >= 15 is 0 Å². The van der Waals surface area contributed by atoms with E-state index in [1.165, 1.54) is 19.1 Å². The topological polar surface area (TPSA) is 43.4 Å². The molecule has 0 aliphatic carbocycles. The molecule has 0 radical (unpaired) electrons. The summed E-state index contributed by atoms with van der Waals surface area (Å²) in [7, 11) is -4.01. The molecule has 0 heterocycles. The molecule has 112 valence electrons. The van der Waals surface area contributed by atoms with Crippen LogP contribution in [0.1, 0.15) is 16.7 Å². The lowest BCUT2D eigenvalue weighted by Gasteiger charge is -2.10. The van der Waals surface area contributed by atoms with Crippen LogP contribution >= 0.6 is 11.6 Å². The summed E-state index contributed by atoms with van der Waals surface area (Å²) in [6.07, 6.45) is 0. The molecule has 0 amide bonds. The Morgan fingerprint density at radius 2 is 1.57 bits per heavy atom. The first-order chi connectivity index (χ1) is 9.70. The fourth-order valence-corrected chi connectivity index (χ4v) is 3.01. The maximum Gasteiger partial charge on any atom is 0.339 e. The van der Waals surface area contributed by atoms with Crippen LogP contribution in [0.5, 0.6) is 5.75 Å². The van der Waals surface area contributed by atoms with Gasteiger partial charge in [-0.2, -0.15) is 8.42 Å². The third kappa shape index (κ3) is 3.36. The minimum Gasteiger partial charge on any atom is -0.379 e. The summed E-state index contributed by atoms with van der Waals surface area (Å²) in [5.74, 6) is -0.288. The van der Waals surface area contributed by atoms with Crippen LogP contribution in [-0.2, 0) is 10.1 Å². The molecule has 0 aliphatic heterocycles. The highest BCUT2D eigenvalue weighted by atomic mass is 35.5. The fourth-order valence-electron chi connectivity index (χ4n) is 1.90. The Morgan fingerprint density at radius 1 is 1.00 bits per heavy atom. The largest absolute Gasteiger partial charge is 0.379 e. The molecule has 0 aromatic heterocycles. The second-order valence-electron chi connectivity index (χ2n) is 4.82. The van der Waals surface area contributed by atoms with E-state index in [1.807, 2.05) is 0 Å². The second-order valence-corrected chi connectivity index (χ2v) is 6.74. The zero-order chi connectivity index (χ0) is 15.8. The molecule has 0 atom stereocenters. The molecule has 2 aromatic carbocycles. The van der Waals surface area contributed by atoms with Crippen LogP contribution in [0.2, 0.25) is 5.02 Å². The van der Waals surface area contributed by atoms with Gasteiger partial charge in [-0.3, -0.25) is 0 Å². The molecule has 3 nitrogen and oxygen atoms in total. The summed E-state index contributed by atoms with van der Waals surface area (Å²) in [5, 5.41) is 0.567. The second kappa shape index (κ2) is 5.66. The van der Waals surface area contributed by atoms with Gasteiger partial charge in [0.25, 0.3) is 0 Å². The Kier molecular flexibility index (Phi) is 4.25. The minimum absolute atomic E-state index is 0.0911. The lowest BCUT2D eigenvalue weighted by molar-refractivity contribution is 0.485. The van der Waals surface area contributed by atoms with Crippen molar-refractivity contribution in [1.82, 2.24) is 0 Å². The average molecular weight is 329 g/mol. The summed E-state index contributed by atoms with van der Waals surface area (Å²) >= 11 is 6.03. The molecular weight excluding hydrogens is 315 g/mol. The number of hydrogen-bond donors (Lipinski definition) is 0. The van der Waals surface area contributed by atoms with Gasteiger partial charge >= 0.3 is 10.1 Å². The highest BCUT2D eigenvalue weighted by Crippen LogP contribution is 2.28. The summed E-state index contributed by atoms with van der Waals surface area (Å²) in [6.45, 7) is 5.01. The summed E-state index contributed by atoms with van der Waals surface area (Å²) in [5.41, 5.74) is 1.68. The van der Waals surface area contributed by atoms with Crippen LogP contribution in [0.3, 0.4) is 0 Å². The quantitative estimate of drug-likeness (QED) is 0.794. The SMILES string of the molecule is Cc1cc(S(=O)(=O)Oc2cc(C)c(Cl)c(C)c2)ccc1F. The molecule has 0 fully saturated rings. The Balaban J connectivity index is 2.39. The van der Waals surface area contributed by atoms with E-state index in [0.717, 1.165) is 17.2 Å². The summed E-state index contributed by atoms with van der Waals surface area (Å²) in [6, 6.07) is 6.60. The van der Waals surface area contributed by atoms with Gasteiger partial charge in [-0.15, -0.1) is 0 Å². The van der Waals surface area contributed by atoms with Crippen molar-refractivity contribution >= 4 is 21.7 Å². The Labute approximate surface area is 128 Å². The van der Waals surface area contributed by atoms with Crippen LogP contribution in [0.25, 0.3) is 0 Å². The van der Waals surface area contributed by atoms with Gasteiger partial charge in [-0.25, -0.2) is 4.39 Å². The van der Waals surface area contributed by atoms with Gasteiger partial charge < -0.3 is 4.18 Å². The van der Waals surface area contributed by atoms with Gasteiger partial charge in [-0.05, 0) is 67.8 Å². The van der Waals surface area contributed by atoms with E-state index in [2.05, 4.69) is 0 Å². The van der Waals surface area contributed by atoms with Gasteiger partial charge in [-0.1, -0.05) is 11.6 Å². The molecule has 0 saturated heterocycles. The normalized spacial score (nSPS) is 11.5. The molecule has 0 unspecified atom stereocenters. The van der Waals surface area contributed by atoms with Crippen molar-refractivity contribution in [3.05, 3.63) is 57.9 Å². The number of hydrogen-bond acceptors (Lipinski definition) is 3. The van der Waals surface area contributed by atoms with Crippen molar-refractivity contribution < 1.29 is 17.0 Å². The van der Waals surface area contributed by atoms with Gasteiger partial charge in [0.2, 0.25) is 0 Å². The van der Waals surface area contributed by atoms with E-state index in [-0.39, 0.29) is 16.2 Å². The Hall–Kier alpha value is -1.59. The van der Waals surface area contributed by atoms with Crippen LogP contribution in [0.4, 0.5) is 4.39 Å². The highest BCUT2D eigenvalue weighted by Gasteiger charge is 2.18. The Bertz CT molecular complexity index is 778. The molecule has 0 spiro atoms. The maximum atomic E-state index is 13.2. The lowest BCUT2D eigenvalue weighted by Crippen LogP contribution is -2.10. The van der Waals surface area contributed by atoms with Crippen LogP contribution in [0, 0.1) is 26.6 Å². The third-order valence-corrected chi connectivity index (χ3v) is 4.87. The van der Waals surface area contributed by atoms with Crippen molar-refractivity contribution in [3.8, 4) is 5.75 Å². The van der Waals surface area contributed by atoms with Crippen LogP contribution < -0.4 is 4.18 Å². The first kappa shape index (κ1) is 15.8. The van der Waals surface area contributed by atoms with Crippen molar-refractivity contribution in [1.29, 1.82) is 0 Å². The number of benzene rings is 2. The smallest absolute Gasteiger partial charge is 0.339 e. The first-order valence-electron chi connectivity index (χ1n) is 6.18. The van der Waals surface area contributed by atoms with E-state index < -0.39 is 15.9 Å². The van der Waals surface area contributed by atoms with Crippen molar-refractivity contribution in [3.63, 3.8) is 0 Å². The van der Waals surface area contributed by atoms with Gasteiger partial charge in [0.05, 0.1) is 0 Å². The molecule has 0 aliphatic rings. The van der Waals surface area contributed by atoms with E-state index in [0.29, 0.717) is 5.02 Å². The maximum absolute atomic E-state index is 13.2. The van der Waals surface area contributed by atoms with Crippen molar-refractivity contribution in [2.24, 2.45) is 0 Å².